The van der Waals surface area contributed by atoms with Crippen LogP contribution >= 0.6 is 0 Å². The third-order valence-corrected chi connectivity index (χ3v) is 6.82. The average molecular weight is 532 g/mol. The molecule has 0 bridgehead atoms. The summed E-state index contributed by atoms with van der Waals surface area (Å²) in [6.07, 6.45) is 1.08. The molecule has 1 aliphatic heterocycles. The maximum absolute atomic E-state index is 12.2. The van der Waals surface area contributed by atoms with Crippen molar-refractivity contribution in [1.82, 2.24) is 9.97 Å². The van der Waals surface area contributed by atoms with Crippen molar-refractivity contribution in [2.45, 2.75) is 6.61 Å². The molecule has 5 aromatic rings. The summed E-state index contributed by atoms with van der Waals surface area (Å²) in [5.74, 6) is 0.741. The van der Waals surface area contributed by atoms with Crippen LogP contribution in [0.2, 0.25) is 0 Å². The molecule has 0 unspecified atom stereocenters. The van der Waals surface area contributed by atoms with Gasteiger partial charge in [0, 0.05) is 35.5 Å². The number of amides is 1. The molecule has 0 spiro atoms. The Balaban J connectivity index is 1.14. The van der Waals surface area contributed by atoms with Gasteiger partial charge in [-0.25, -0.2) is 14.8 Å². The van der Waals surface area contributed by atoms with Crippen molar-refractivity contribution >= 4 is 39.9 Å². The summed E-state index contributed by atoms with van der Waals surface area (Å²) in [4.78, 5) is 23.5. The van der Waals surface area contributed by atoms with Crippen molar-refractivity contribution < 1.29 is 14.3 Å². The van der Waals surface area contributed by atoms with Crippen LogP contribution in [0.1, 0.15) is 5.56 Å². The smallest absolute Gasteiger partial charge is 0.411 e. The monoisotopic (exact) mass is 531 g/mol. The number of morpholine rings is 1. The van der Waals surface area contributed by atoms with E-state index in [0.717, 1.165) is 65.4 Å². The van der Waals surface area contributed by atoms with E-state index in [9.17, 15) is 4.79 Å². The molecule has 0 aliphatic carbocycles. The molecular weight excluding hydrogens is 502 g/mol. The van der Waals surface area contributed by atoms with Crippen LogP contribution < -0.4 is 15.5 Å². The quantitative estimate of drug-likeness (QED) is 0.244. The number of anilines is 4. The van der Waals surface area contributed by atoms with Gasteiger partial charge in [-0.15, -0.1) is 0 Å². The number of hydrogen-bond acceptors (Lipinski definition) is 7. The zero-order valence-electron chi connectivity index (χ0n) is 21.9. The third kappa shape index (κ3) is 6.03. The first-order valence-corrected chi connectivity index (χ1v) is 13.2. The van der Waals surface area contributed by atoms with E-state index in [0.29, 0.717) is 5.69 Å². The number of nitrogens with one attached hydrogen (secondary N) is 2. The summed E-state index contributed by atoms with van der Waals surface area (Å²) >= 11 is 0. The number of nitrogens with zero attached hydrogens (tertiary/aromatic N) is 3. The predicted molar refractivity (Wildman–Crippen MR) is 158 cm³/mol. The second-order valence-electron chi connectivity index (χ2n) is 9.49. The van der Waals surface area contributed by atoms with Crippen LogP contribution in [0, 0.1) is 0 Å². The fourth-order valence-corrected chi connectivity index (χ4v) is 4.67. The van der Waals surface area contributed by atoms with Crippen LogP contribution in [-0.4, -0.2) is 42.4 Å². The molecule has 0 radical (unpaired) electrons. The van der Waals surface area contributed by atoms with Crippen LogP contribution in [0.3, 0.4) is 0 Å². The highest BCUT2D eigenvalue weighted by atomic mass is 16.5. The van der Waals surface area contributed by atoms with Crippen LogP contribution in [0.4, 0.5) is 27.7 Å². The second kappa shape index (κ2) is 11.8. The molecule has 2 heterocycles. The molecule has 0 atom stereocenters. The van der Waals surface area contributed by atoms with Crippen molar-refractivity contribution in [2.24, 2.45) is 0 Å². The standard InChI is InChI=1S/C32H29N5O3/c38-32(40-21-23-4-2-1-3-5-23)36-27-9-6-24(7-10-27)25-8-15-30-29(20-25)31(34-22-33-30)35-26-11-13-28(14-12-26)37-16-18-39-19-17-37/h1-15,20,22H,16-19,21H2,(H,36,38)(H,33,34,35). The van der Waals surface area contributed by atoms with Crippen LogP contribution in [0.25, 0.3) is 22.0 Å². The number of ether oxygens (including phenoxy) is 2. The summed E-state index contributed by atoms with van der Waals surface area (Å²) in [7, 11) is 0. The molecule has 1 amide bonds. The van der Waals surface area contributed by atoms with Gasteiger partial charge in [0.1, 0.15) is 18.8 Å². The first kappa shape index (κ1) is 25.3. The van der Waals surface area contributed by atoms with Gasteiger partial charge in [0.25, 0.3) is 0 Å². The number of carbonyl (C=O) groups is 1. The number of benzene rings is 4. The lowest BCUT2D eigenvalue weighted by atomic mass is 10.0. The van der Waals surface area contributed by atoms with Gasteiger partial charge in [-0.2, -0.15) is 0 Å². The molecular formula is C32H29N5O3. The Labute approximate surface area is 232 Å². The lowest BCUT2D eigenvalue weighted by molar-refractivity contribution is 0.122. The molecule has 1 aliphatic rings. The maximum Gasteiger partial charge on any atom is 0.411 e. The Morgan fingerprint density at radius 1 is 0.825 bits per heavy atom. The van der Waals surface area contributed by atoms with Gasteiger partial charge in [0.15, 0.2) is 0 Å². The van der Waals surface area contributed by atoms with Gasteiger partial charge in [-0.05, 0) is 65.2 Å². The van der Waals surface area contributed by atoms with Crippen LogP contribution in [-0.2, 0) is 16.1 Å². The van der Waals surface area contributed by atoms with Gasteiger partial charge >= 0.3 is 6.09 Å². The highest BCUT2D eigenvalue weighted by molar-refractivity contribution is 5.94. The molecule has 4 aromatic carbocycles. The lowest BCUT2D eigenvalue weighted by Crippen LogP contribution is -2.36. The fourth-order valence-electron chi connectivity index (χ4n) is 4.67. The Morgan fingerprint density at radius 2 is 1.55 bits per heavy atom. The topological polar surface area (TPSA) is 88.6 Å². The van der Waals surface area contributed by atoms with Crippen LogP contribution in [0.5, 0.6) is 0 Å². The zero-order valence-corrected chi connectivity index (χ0v) is 21.9. The molecule has 1 fully saturated rings. The Bertz CT molecular complexity index is 1590. The molecule has 2 N–H and O–H groups in total. The first-order chi connectivity index (χ1) is 19.7. The number of fused-ring (bicyclic) bond motifs is 1. The van der Waals surface area contributed by atoms with Crippen molar-refractivity contribution in [2.75, 3.05) is 41.8 Å². The lowest BCUT2D eigenvalue weighted by Gasteiger charge is -2.28. The van der Waals surface area contributed by atoms with E-state index in [1.54, 1.807) is 6.33 Å². The molecule has 0 saturated carbocycles. The van der Waals surface area contributed by atoms with Crippen molar-refractivity contribution in [3.63, 3.8) is 0 Å². The van der Waals surface area contributed by atoms with Crippen molar-refractivity contribution in [3.8, 4) is 11.1 Å². The number of carbonyl (C=O) groups excluding carboxylic acids is 1. The molecule has 200 valence electrons. The molecule has 1 saturated heterocycles. The van der Waals surface area contributed by atoms with E-state index >= 15 is 0 Å². The SMILES string of the molecule is O=C(Nc1ccc(-c2ccc3ncnc(Nc4ccc(N5CCOCC5)cc4)c3c2)cc1)OCc1ccccc1. The van der Waals surface area contributed by atoms with E-state index < -0.39 is 6.09 Å². The van der Waals surface area contributed by atoms with Gasteiger partial charge in [-0.1, -0.05) is 48.5 Å². The number of rotatable bonds is 7. The minimum atomic E-state index is -0.492. The van der Waals surface area contributed by atoms with E-state index in [2.05, 4.69) is 55.8 Å². The van der Waals surface area contributed by atoms with E-state index in [4.69, 9.17) is 9.47 Å². The summed E-state index contributed by atoms with van der Waals surface area (Å²) in [6.45, 7) is 3.55. The predicted octanol–water partition coefficient (Wildman–Crippen LogP) is 6.63. The number of aromatic nitrogens is 2. The average Bonchev–Trinajstić information content (AvgIpc) is 3.02. The minimum absolute atomic E-state index is 0.221. The highest BCUT2D eigenvalue weighted by Gasteiger charge is 2.12. The largest absolute Gasteiger partial charge is 0.444 e. The highest BCUT2D eigenvalue weighted by Crippen LogP contribution is 2.30. The minimum Gasteiger partial charge on any atom is -0.444 e. The first-order valence-electron chi connectivity index (χ1n) is 13.2. The number of hydrogen-bond donors (Lipinski definition) is 2. The summed E-state index contributed by atoms with van der Waals surface area (Å²) < 4.78 is 10.8. The fraction of sp³-hybridized carbons (Fsp3) is 0.156. The van der Waals surface area contributed by atoms with Crippen LogP contribution in [0.15, 0.2) is 103 Å². The van der Waals surface area contributed by atoms with E-state index in [-0.39, 0.29) is 6.61 Å². The Morgan fingerprint density at radius 3 is 2.33 bits per heavy atom. The normalized spacial score (nSPS) is 13.2. The van der Waals surface area contributed by atoms with Gasteiger partial charge in [0.05, 0.1) is 18.7 Å². The van der Waals surface area contributed by atoms with E-state index in [1.807, 2.05) is 66.7 Å². The molecule has 8 heteroatoms. The summed E-state index contributed by atoms with van der Waals surface area (Å²) in [6, 6.07) is 31.7. The zero-order chi connectivity index (χ0) is 27.1. The van der Waals surface area contributed by atoms with Gasteiger partial charge in [0.2, 0.25) is 0 Å². The maximum atomic E-state index is 12.2. The van der Waals surface area contributed by atoms with Gasteiger partial charge in [-0.3, -0.25) is 5.32 Å². The molecule has 1 aromatic heterocycles. The molecule has 40 heavy (non-hydrogen) atoms. The molecule has 6 rings (SSSR count). The Kier molecular flexibility index (Phi) is 7.50. The van der Waals surface area contributed by atoms with E-state index in [1.165, 1.54) is 5.69 Å². The summed E-state index contributed by atoms with van der Waals surface area (Å²) in [5, 5.41) is 7.16. The van der Waals surface area contributed by atoms with Crippen molar-refractivity contribution in [1.29, 1.82) is 0 Å². The third-order valence-electron chi connectivity index (χ3n) is 6.82. The second-order valence-corrected chi connectivity index (χ2v) is 9.49. The molecule has 8 nitrogen and oxygen atoms in total. The van der Waals surface area contributed by atoms with Gasteiger partial charge < -0.3 is 19.7 Å². The van der Waals surface area contributed by atoms with Crippen molar-refractivity contribution in [3.05, 3.63) is 109 Å². The summed E-state index contributed by atoms with van der Waals surface area (Å²) in [5.41, 5.74) is 6.62. The Hall–Kier alpha value is -4.95.